The minimum atomic E-state index is -6.22. The highest BCUT2D eigenvalue weighted by Gasteiger charge is 2.73. The summed E-state index contributed by atoms with van der Waals surface area (Å²) in [7, 11) is -4.56. The zero-order chi connectivity index (χ0) is 35.1. The van der Waals surface area contributed by atoms with E-state index in [4.69, 9.17) is 5.26 Å². The summed E-state index contributed by atoms with van der Waals surface area (Å²) < 4.78 is 160. The van der Waals surface area contributed by atoms with Crippen LogP contribution in [0.1, 0.15) is 28.7 Å². The van der Waals surface area contributed by atoms with Crippen LogP contribution < -0.4 is 4.90 Å². The number of alkyl halides is 6. The van der Waals surface area contributed by atoms with Crippen molar-refractivity contribution in [1.29, 1.82) is 5.26 Å². The maximum absolute atomic E-state index is 14.5. The molecule has 1 aliphatic rings. The van der Waals surface area contributed by atoms with Crippen molar-refractivity contribution < 1.29 is 52.7 Å². The van der Waals surface area contributed by atoms with Crippen molar-refractivity contribution in [1.82, 2.24) is 9.97 Å². The van der Waals surface area contributed by atoms with Gasteiger partial charge >= 0.3 is 12.4 Å². The molecule has 1 unspecified atom stereocenters. The third-order valence-electron chi connectivity index (χ3n) is 8.03. The van der Waals surface area contributed by atoms with E-state index >= 15 is 0 Å². The fraction of sp³-hybridized carbons (Fsp3) is 0.258. The molecule has 7 nitrogen and oxygen atoms in total. The van der Waals surface area contributed by atoms with Gasteiger partial charge in [-0.3, -0.25) is 0 Å². The smallest absolute Gasteiger partial charge is 0.349 e. The summed E-state index contributed by atoms with van der Waals surface area (Å²) in [6.07, 6.45) is -10.4. The highest BCUT2D eigenvalue weighted by Crippen LogP contribution is 2.54. The molecule has 1 fully saturated rings. The van der Waals surface area contributed by atoms with Gasteiger partial charge in [-0.2, -0.15) is 31.6 Å². The average molecular weight is 701 g/mol. The Kier molecular flexibility index (Phi) is 8.95. The molecule has 17 heteroatoms. The summed E-state index contributed by atoms with van der Waals surface area (Å²) in [6.45, 7) is -2.26. The Morgan fingerprint density at radius 3 is 1.94 bits per heavy atom. The lowest BCUT2D eigenvalue weighted by molar-refractivity contribution is -0.392. The van der Waals surface area contributed by atoms with Crippen molar-refractivity contribution >= 4 is 15.8 Å². The number of halogens is 9. The van der Waals surface area contributed by atoms with E-state index in [0.717, 1.165) is 42.5 Å². The molecule has 1 atom stereocenters. The summed E-state index contributed by atoms with van der Waals surface area (Å²) in [5.41, 5.74) is -7.94. The van der Waals surface area contributed by atoms with E-state index in [1.807, 2.05) is 6.07 Å². The number of nitriles is 1. The largest absolute Gasteiger partial charge is 0.430 e. The van der Waals surface area contributed by atoms with Gasteiger partial charge in [0.05, 0.1) is 29.5 Å². The van der Waals surface area contributed by atoms with Crippen LogP contribution in [0.15, 0.2) is 84.0 Å². The fourth-order valence-corrected chi connectivity index (χ4v) is 7.62. The molecule has 0 N–H and O–H groups in total. The van der Waals surface area contributed by atoms with Crippen LogP contribution in [-0.2, 0) is 31.5 Å². The molecule has 1 saturated heterocycles. The van der Waals surface area contributed by atoms with Gasteiger partial charge in [-0.25, -0.2) is 31.6 Å². The van der Waals surface area contributed by atoms with Gasteiger partial charge in [0.25, 0.3) is 5.60 Å². The highest BCUT2D eigenvalue weighted by molar-refractivity contribution is 7.92. The number of ether oxygens (including phenoxy) is 1. The molecule has 0 bridgehead atoms. The standard InChI is InChI=1S/C31H21F9N4O3S/c32-22-8-10-23(11-9-22)48(45,46)28(12-13-44(18-28)27-42-15-19(14-41)16-43-27)20-4-6-21(7-5-20)29(30(35,36)37,31(38,39)40)47-17-24-25(33)2-1-3-26(24)34/h1-11,15-16H,12-13,17-18H2. The van der Waals surface area contributed by atoms with Gasteiger partial charge in [0, 0.05) is 24.2 Å². The van der Waals surface area contributed by atoms with Crippen molar-refractivity contribution in [2.45, 2.75) is 40.6 Å². The monoisotopic (exact) mass is 700 g/mol. The molecule has 0 spiro atoms. The minimum Gasteiger partial charge on any atom is -0.349 e. The third kappa shape index (κ3) is 5.83. The summed E-state index contributed by atoms with van der Waals surface area (Å²) in [5.74, 6) is -3.65. The number of sulfone groups is 1. The lowest BCUT2D eigenvalue weighted by atomic mass is 9.88. The number of benzene rings is 3. The lowest BCUT2D eigenvalue weighted by Gasteiger charge is -2.38. The zero-order valence-corrected chi connectivity index (χ0v) is 25.0. The Morgan fingerprint density at radius 1 is 0.854 bits per heavy atom. The molecule has 0 amide bonds. The summed E-state index contributed by atoms with van der Waals surface area (Å²) in [4.78, 5) is 9.10. The van der Waals surface area contributed by atoms with Crippen molar-refractivity contribution in [2.75, 3.05) is 18.0 Å². The number of nitrogens with zero attached hydrogens (tertiary/aromatic N) is 4. The van der Waals surface area contributed by atoms with Crippen LogP contribution in [0.5, 0.6) is 0 Å². The van der Waals surface area contributed by atoms with Crippen molar-refractivity contribution in [3.05, 3.63) is 119 Å². The Labute approximate surface area is 267 Å². The van der Waals surface area contributed by atoms with Gasteiger partial charge in [0.2, 0.25) is 5.95 Å². The first-order valence-corrected chi connectivity index (χ1v) is 15.2. The minimum absolute atomic E-state index is 0.0104. The Balaban J connectivity index is 1.62. The topological polar surface area (TPSA) is 96.2 Å². The lowest BCUT2D eigenvalue weighted by Crippen LogP contribution is -2.56. The summed E-state index contributed by atoms with van der Waals surface area (Å²) in [5, 5.41) is 9.04. The van der Waals surface area contributed by atoms with Crippen LogP contribution in [0, 0.1) is 28.8 Å². The number of aromatic nitrogens is 2. The maximum Gasteiger partial charge on any atom is 0.430 e. The molecule has 0 aliphatic carbocycles. The molecule has 5 rings (SSSR count). The van der Waals surface area contributed by atoms with E-state index in [0.29, 0.717) is 24.3 Å². The zero-order valence-electron chi connectivity index (χ0n) is 24.2. The Morgan fingerprint density at radius 2 is 1.42 bits per heavy atom. The second kappa shape index (κ2) is 12.4. The van der Waals surface area contributed by atoms with Crippen LogP contribution >= 0.6 is 0 Å². The quantitative estimate of drug-likeness (QED) is 0.146. The molecule has 48 heavy (non-hydrogen) atoms. The van der Waals surface area contributed by atoms with Crippen molar-refractivity contribution in [3.8, 4) is 6.07 Å². The molecular formula is C31H21F9N4O3S. The first-order chi connectivity index (χ1) is 22.5. The Hall–Kier alpha value is -4.69. The SMILES string of the molecule is N#Cc1cnc(N2CCC(c3ccc(C(OCc4c(F)cccc4F)(C(F)(F)F)C(F)(F)F)cc3)(S(=O)(=O)c3ccc(F)cc3)C2)nc1. The molecule has 3 aromatic carbocycles. The molecule has 252 valence electrons. The van der Waals surface area contributed by atoms with Gasteiger partial charge in [-0.1, -0.05) is 30.3 Å². The number of hydrogen-bond acceptors (Lipinski definition) is 7. The van der Waals surface area contributed by atoms with Crippen molar-refractivity contribution in [3.63, 3.8) is 0 Å². The van der Waals surface area contributed by atoms with Gasteiger partial charge in [-0.15, -0.1) is 0 Å². The predicted octanol–water partition coefficient (Wildman–Crippen LogP) is 6.88. The van der Waals surface area contributed by atoms with E-state index in [2.05, 4.69) is 14.7 Å². The summed E-state index contributed by atoms with van der Waals surface area (Å²) >= 11 is 0. The third-order valence-corrected chi connectivity index (χ3v) is 10.5. The van der Waals surface area contributed by atoms with Crippen LogP contribution in [0.2, 0.25) is 0 Å². The fourth-order valence-electron chi connectivity index (χ4n) is 5.54. The predicted molar refractivity (Wildman–Crippen MR) is 150 cm³/mol. The normalized spacial score (nSPS) is 17.4. The van der Waals surface area contributed by atoms with E-state index in [-0.39, 0.29) is 34.9 Å². The van der Waals surface area contributed by atoms with Crippen LogP contribution in [0.3, 0.4) is 0 Å². The van der Waals surface area contributed by atoms with Crippen molar-refractivity contribution in [2.24, 2.45) is 0 Å². The van der Waals surface area contributed by atoms with Gasteiger partial charge < -0.3 is 9.64 Å². The first-order valence-electron chi connectivity index (χ1n) is 13.8. The molecule has 0 radical (unpaired) electrons. The second-order valence-corrected chi connectivity index (χ2v) is 13.0. The molecule has 1 aromatic heterocycles. The average Bonchev–Trinajstić information content (AvgIpc) is 3.49. The van der Waals surface area contributed by atoms with Gasteiger partial charge in [0.15, 0.2) is 9.84 Å². The van der Waals surface area contributed by atoms with Gasteiger partial charge in [-0.05, 0) is 48.4 Å². The summed E-state index contributed by atoms with van der Waals surface area (Å²) in [6, 6.07) is 9.93. The highest BCUT2D eigenvalue weighted by atomic mass is 32.2. The van der Waals surface area contributed by atoms with Crippen LogP contribution in [-0.4, -0.2) is 43.8 Å². The van der Waals surface area contributed by atoms with Crippen LogP contribution in [0.25, 0.3) is 0 Å². The van der Waals surface area contributed by atoms with E-state index < -0.39 is 74.3 Å². The molecular weight excluding hydrogens is 679 g/mol. The number of rotatable bonds is 8. The molecule has 0 saturated carbocycles. The molecule has 1 aliphatic heterocycles. The second-order valence-electron chi connectivity index (χ2n) is 10.7. The van der Waals surface area contributed by atoms with Crippen LogP contribution in [0.4, 0.5) is 45.5 Å². The number of hydrogen-bond donors (Lipinski definition) is 0. The number of anilines is 1. The van der Waals surface area contributed by atoms with E-state index in [1.54, 1.807) is 0 Å². The first kappa shape index (κ1) is 34.6. The Bertz CT molecular complexity index is 1910. The van der Waals surface area contributed by atoms with E-state index in [9.17, 15) is 47.9 Å². The molecule has 4 aromatic rings. The van der Waals surface area contributed by atoms with Gasteiger partial charge in [0.1, 0.15) is 28.3 Å². The maximum atomic E-state index is 14.5. The van der Waals surface area contributed by atoms with E-state index in [1.165, 1.54) is 17.3 Å². The molecule has 2 heterocycles.